The van der Waals surface area contributed by atoms with Crippen LogP contribution in [0.15, 0.2) is 79.0 Å². The first kappa shape index (κ1) is 27.9. The summed E-state index contributed by atoms with van der Waals surface area (Å²) in [5, 5.41) is 11.7. The predicted octanol–water partition coefficient (Wildman–Crippen LogP) is 7.23. The lowest BCUT2D eigenvalue weighted by molar-refractivity contribution is -0.274. The first-order chi connectivity index (χ1) is 19.0. The number of carbonyl (C=O) groups excluding carboxylic acids is 1. The molecule has 0 radical (unpaired) electrons. The van der Waals surface area contributed by atoms with Gasteiger partial charge in [-0.05, 0) is 53.8 Å². The number of benzene rings is 3. The van der Waals surface area contributed by atoms with E-state index in [2.05, 4.69) is 4.98 Å². The molecule has 0 aliphatic heterocycles. The number of aromatic nitrogens is 1. The van der Waals surface area contributed by atoms with E-state index in [1.807, 2.05) is 24.3 Å². The lowest BCUT2D eigenvalue weighted by atomic mass is 9.78. The number of ether oxygens (including phenoxy) is 2. The molecule has 0 unspecified atom stereocenters. The minimum Gasteiger partial charge on any atom is -0.489 e. The summed E-state index contributed by atoms with van der Waals surface area (Å²) in [4.78, 5) is 16.2. The van der Waals surface area contributed by atoms with E-state index in [1.54, 1.807) is 24.3 Å². The number of alkyl halides is 3. The maximum Gasteiger partial charge on any atom is 0.422 e. The third-order valence-corrected chi connectivity index (χ3v) is 8.09. The van der Waals surface area contributed by atoms with Gasteiger partial charge in [0.2, 0.25) is 0 Å². The van der Waals surface area contributed by atoms with Crippen LogP contribution in [0.25, 0.3) is 10.9 Å². The Hall–Kier alpha value is -3.62. The van der Waals surface area contributed by atoms with Crippen LogP contribution in [-0.2, 0) is 27.2 Å². The summed E-state index contributed by atoms with van der Waals surface area (Å²) in [5.74, 6) is -1.33. The Bertz CT molecular complexity index is 1550. The van der Waals surface area contributed by atoms with Crippen LogP contribution in [0, 0.1) is 0 Å². The van der Waals surface area contributed by atoms with E-state index >= 15 is 0 Å². The molecule has 1 aromatic heterocycles. The standard InChI is InChI=1S/C31H27ClF3NO4/c1-19(30(38,31(33,34)35)23-15-21-5-3-4-6-27(21)36-17-23)25-12-11-24(16-26(25)32)40-18-20-7-9-22(10-8-20)29(13-14-29)28(37)39-2/h3-12,15-17,19,38H,13-14,18H2,1-2H3/t19-,30-/m0/s1. The van der Waals surface area contributed by atoms with Crippen LogP contribution >= 0.6 is 11.6 Å². The Morgan fingerprint density at radius 1 is 1.07 bits per heavy atom. The maximum absolute atomic E-state index is 14.4. The molecule has 1 saturated carbocycles. The lowest BCUT2D eigenvalue weighted by Gasteiger charge is -2.37. The molecule has 1 aliphatic rings. The smallest absolute Gasteiger partial charge is 0.422 e. The lowest BCUT2D eigenvalue weighted by Crippen LogP contribution is -2.46. The summed E-state index contributed by atoms with van der Waals surface area (Å²) < 4.78 is 54.1. The van der Waals surface area contributed by atoms with Gasteiger partial charge in [-0.2, -0.15) is 13.2 Å². The van der Waals surface area contributed by atoms with Crippen LogP contribution < -0.4 is 4.74 Å². The van der Waals surface area contributed by atoms with Gasteiger partial charge in [-0.3, -0.25) is 9.78 Å². The van der Waals surface area contributed by atoms with Gasteiger partial charge in [0, 0.05) is 28.1 Å². The van der Waals surface area contributed by atoms with Crippen molar-refractivity contribution in [3.63, 3.8) is 0 Å². The molecule has 3 aromatic carbocycles. The molecular weight excluding hydrogens is 543 g/mol. The van der Waals surface area contributed by atoms with Gasteiger partial charge in [0.05, 0.1) is 18.0 Å². The molecule has 9 heteroatoms. The van der Waals surface area contributed by atoms with Gasteiger partial charge >= 0.3 is 12.1 Å². The minimum atomic E-state index is -5.01. The van der Waals surface area contributed by atoms with Crippen LogP contribution in [0.5, 0.6) is 5.75 Å². The van der Waals surface area contributed by atoms with Crippen LogP contribution in [0.2, 0.25) is 5.02 Å². The molecular formula is C31H27ClF3NO4. The van der Waals surface area contributed by atoms with Crippen molar-refractivity contribution in [3.05, 3.63) is 106 Å². The molecule has 0 spiro atoms. The molecule has 5 nitrogen and oxygen atoms in total. The highest BCUT2D eigenvalue weighted by molar-refractivity contribution is 6.31. The number of aliphatic hydroxyl groups is 1. The van der Waals surface area contributed by atoms with Crippen molar-refractivity contribution in [2.24, 2.45) is 0 Å². The second-order valence-electron chi connectivity index (χ2n) is 10.1. The SMILES string of the molecule is COC(=O)C1(c2ccc(COc3ccc([C@H](C)[C@](O)(c4cnc5ccccc5c4)C(F)(F)F)c(Cl)c3)cc2)CC1. The second-order valence-corrected chi connectivity index (χ2v) is 10.6. The minimum absolute atomic E-state index is 0.0329. The van der Waals surface area contributed by atoms with Crippen molar-refractivity contribution in [2.75, 3.05) is 7.11 Å². The number of methoxy groups -OCH3 is 1. The molecule has 4 aromatic rings. The zero-order valence-electron chi connectivity index (χ0n) is 21.8. The third-order valence-electron chi connectivity index (χ3n) is 7.77. The van der Waals surface area contributed by atoms with E-state index in [-0.39, 0.29) is 28.7 Å². The van der Waals surface area contributed by atoms with Crippen molar-refractivity contribution < 1.29 is 32.5 Å². The first-order valence-electron chi connectivity index (χ1n) is 12.7. The third kappa shape index (κ3) is 4.90. The quantitative estimate of drug-likeness (QED) is 0.227. The van der Waals surface area contributed by atoms with E-state index in [1.165, 1.54) is 38.3 Å². The van der Waals surface area contributed by atoms with Gasteiger partial charge in [-0.15, -0.1) is 0 Å². The van der Waals surface area contributed by atoms with Gasteiger partial charge < -0.3 is 14.6 Å². The van der Waals surface area contributed by atoms with Crippen LogP contribution in [0.4, 0.5) is 13.2 Å². The molecule has 1 heterocycles. The van der Waals surface area contributed by atoms with Crippen LogP contribution in [0.3, 0.4) is 0 Å². The number of halogens is 4. The fraction of sp³-hybridized carbons (Fsp3) is 0.290. The highest BCUT2D eigenvalue weighted by Gasteiger charge is 2.59. The molecule has 2 atom stereocenters. The normalized spacial score (nSPS) is 16.7. The summed E-state index contributed by atoms with van der Waals surface area (Å²) in [5.41, 5.74) is -1.80. The molecule has 1 aliphatic carbocycles. The second kappa shape index (κ2) is 10.4. The molecule has 5 rings (SSSR count). The number of rotatable bonds is 8. The largest absolute Gasteiger partial charge is 0.489 e. The van der Waals surface area contributed by atoms with Gasteiger partial charge in [0.15, 0.2) is 5.60 Å². The van der Waals surface area contributed by atoms with E-state index in [9.17, 15) is 23.1 Å². The van der Waals surface area contributed by atoms with Gasteiger partial charge in [-0.1, -0.05) is 67.1 Å². The van der Waals surface area contributed by atoms with Crippen molar-refractivity contribution >= 4 is 28.5 Å². The Labute approximate surface area is 234 Å². The number of fused-ring (bicyclic) bond motifs is 1. The molecule has 1 fully saturated rings. The molecule has 0 saturated heterocycles. The topological polar surface area (TPSA) is 68.7 Å². The zero-order valence-corrected chi connectivity index (χ0v) is 22.6. The number of para-hydroxylation sites is 1. The number of hydrogen-bond acceptors (Lipinski definition) is 5. The average Bonchev–Trinajstić information content (AvgIpc) is 3.76. The highest BCUT2D eigenvalue weighted by Crippen LogP contribution is 2.51. The fourth-order valence-corrected chi connectivity index (χ4v) is 5.46. The summed E-state index contributed by atoms with van der Waals surface area (Å²) >= 11 is 6.45. The Morgan fingerprint density at radius 3 is 2.40 bits per heavy atom. The number of esters is 1. The molecule has 0 amide bonds. The van der Waals surface area contributed by atoms with Crippen LogP contribution in [0.1, 0.15) is 47.9 Å². The van der Waals surface area contributed by atoms with Gasteiger partial charge in [-0.25, -0.2) is 0 Å². The summed E-state index contributed by atoms with van der Waals surface area (Å²) in [7, 11) is 1.38. The molecule has 208 valence electrons. The average molecular weight is 570 g/mol. The molecule has 1 N–H and O–H groups in total. The van der Waals surface area contributed by atoms with Crippen molar-refractivity contribution in [1.29, 1.82) is 0 Å². The number of nitrogens with zero attached hydrogens (tertiary/aromatic N) is 1. The van der Waals surface area contributed by atoms with Crippen molar-refractivity contribution in [1.82, 2.24) is 4.98 Å². The number of pyridine rings is 1. The van der Waals surface area contributed by atoms with Gasteiger partial charge in [0.25, 0.3) is 0 Å². The predicted molar refractivity (Wildman–Crippen MR) is 145 cm³/mol. The van der Waals surface area contributed by atoms with Crippen molar-refractivity contribution in [3.8, 4) is 5.75 Å². The number of hydrogen-bond donors (Lipinski definition) is 1. The van der Waals surface area contributed by atoms with Crippen molar-refractivity contribution in [2.45, 2.75) is 49.5 Å². The maximum atomic E-state index is 14.4. The van der Waals surface area contributed by atoms with E-state index in [4.69, 9.17) is 21.1 Å². The highest BCUT2D eigenvalue weighted by atomic mass is 35.5. The molecule has 0 bridgehead atoms. The van der Waals surface area contributed by atoms with E-state index in [0.717, 1.165) is 30.2 Å². The Kier molecular flexibility index (Phi) is 7.27. The zero-order chi connectivity index (χ0) is 28.7. The number of carbonyl (C=O) groups is 1. The van der Waals surface area contributed by atoms with E-state index < -0.39 is 23.1 Å². The summed E-state index contributed by atoms with van der Waals surface area (Å²) in [6, 6.07) is 19.9. The van der Waals surface area contributed by atoms with Gasteiger partial charge in [0.1, 0.15) is 12.4 Å². The monoisotopic (exact) mass is 569 g/mol. The van der Waals surface area contributed by atoms with E-state index in [0.29, 0.717) is 16.7 Å². The fourth-order valence-electron chi connectivity index (χ4n) is 5.13. The summed E-state index contributed by atoms with van der Waals surface area (Å²) in [6.45, 7) is 1.47. The Balaban J connectivity index is 1.34. The Morgan fingerprint density at radius 2 is 1.77 bits per heavy atom. The first-order valence-corrected chi connectivity index (χ1v) is 13.1. The van der Waals surface area contributed by atoms with Crippen LogP contribution in [-0.4, -0.2) is 29.3 Å². The molecule has 40 heavy (non-hydrogen) atoms. The summed E-state index contributed by atoms with van der Waals surface area (Å²) in [6.07, 6.45) is -2.45.